The number of fused-ring (bicyclic) bond motifs is 2. The van der Waals surface area contributed by atoms with Crippen LogP contribution in [0.15, 0.2) is 72.8 Å². The number of carbonyl (C=O) groups excluding carboxylic acids is 4. The molecule has 2 fully saturated rings. The number of nitrogens with one attached hydrogen (secondary N) is 4. The molecule has 4 N–H and O–H groups in total. The van der Waals surface area contributed by atoms with E-state index in [-0.39, 0.29) is 42.3 Å². The van der Waals surface area contributed by atoms with Gasteiger partial charge in [0.1, 0.15) is 37.0 Å². The quantitative estimate of drug-likeness (QED) is 0.0835. The first kappa shape index (κ1) is 48.3. The molecule has 14 nitrogen and oxygen atoms in total. The van der Waals surface area contributed by atoms with Crippen LogP contribution in [-0.4, -0.2) is 98.8 Å². The molecule has 70 heavy (non-hydrogen) atoms. The lowest BCUT2D eigenvalue weighted by Gasteiger charge is -2.30. The highest BCUT2D eigenvalue weighted by Gasteiger charge is 2.39. The topological polar surface area (TPSA) is 175 Å². The predicted octanol–water partition coefficient (Wildman–Crippen LogP) is 9.87. The van der Waals surface area contributed by atoms with Crippen LogP contribution >= 0.6 is 0 Å². The Morgan fingerprint density at radius 3 is 1.53 bits per heavy atom. The van der Waals surface area contributed by atoms with E-state index in [1.807, 2.05) is 45.6 Å². The molecular weight excluding hydrogens is 888 g/mol. The van der Waals surface area contributed by atoms with Gasteiger partial charge in [0, 0.05) is 13.1 Å². The summed E-state index contributed by atoms with van der Waals surface area (Å²) in [6.45, 7) is 9.82. The van der Waals surface area contributed by atoms with Crippen molar-refractivity contribution in [3.05, 3.63) is 107 Å². The lowest BCUT2D eigenvalue weighted by molar-refractivity contribution is -0.136. The van der Waals surface area contributed by atoms with Crippen LogP contribution in [0.4, 0.5) is 14.0 Å². The third-order valence-corrected chi connectivity index (χ3v) is 14.2. The van der Waals surface area contributed by atoms with Crippen molar-refractivity contribution in [3.63, 3.8) is 0 Å². The van der Waals surface area contributed by atoms with Crippen LogP contribution in [0.1, 0.15) is 113 Å². The van der Waals surface area contributed by atoms with Crippen LogP contribution in [0.3, 0.4) is 0 Å². The second-order valence-electron chi connectivity index (χ2n) is 19.8. The molecule has 12 rings (SSSR count). The second kappa shape index (κ2) is 21.1. The summed E-state index contributed by atoms with van der Waals surface area (Å²) < 4.78 is 22.8. The summed E-state index contributed by atoms with van der Waals surface area (Å²) in [5.41, 5.74) is 13.1. The van der Waals surface area contributed by atoms with Crippen molar-refractivity contribution in [1.29, 1.82) is 0 Å². The van der Waals surface area contributed by atoms with Gasteiger partial charge in [-0.2, -0.15) is 0 Å². The first-order valence-electron chi connectivity index (χ1n) is 25.2. The number of nitrogens with zero attached hydrogens (tertiary/aromatic N) is 4. The van der Waals surface area contributed by atoms with E-state index in [0.717, 1.165) is 90.4 Å². The van der Waals surface area contributed by atoms with Gasteiger partial charge in [-0.25, -0.2) is 23.9 Å². The first-order valence-corrected chi connectivity index (χ1v) is 25.2. The summed E-state index contributed by atoms with van der Waals surface area (Å²) in [4.78, 5) is 73.5. The molecule has 4 atom stereocenters. The monoisotopic (exact) mass is 953 g/mol. The Morgan fingerprint density at radius 1 is 0.643 bits per heavy atom. The fraction of sp³-hybridized carbons (Fsp3) is 0.455. The zero-order valence-corrected chi connectivity index (χ0v) is 40.9. The number of halogens is 1. The number of aryl methyl sites for hydroxylation is 4. The Kier molecular flexibility index (Phi) is 14.5. The first-order chi connectivity index (χ1) is 33.9. The van der Waals surface area contributed by atoms with Crippen LogP contribution in [0, 0.1) is 11.8 Å². The average Bonchev–Trinajstić information content (AvgIpc) is 4.19. The lowest BCUT2D eigenvalue weighted by Crippen LogP contribution is -2.51. The highest BCUT2D eigenvalue weighted by atomic mass is 19.1. The third kappa shape index (κ3) is 10.2. The number of alkyl carbamates (subject to hydrolysis) is 2. The standard InChI is InChI=1S/C55H65FN8O6/c1-6-26-69-54(67)61-48(32(2)3)52(65)63-24-7-9-46(63)50-57-42-21-19-38(30-44(42)59-50)40-28-34-11-15-36(40)16-12-35-14-18-37(17-13-34)41(29-35)39-20-22-43-45(31-39)60-51(58-43)47-10-8-25-64(47)53(66)49(33(4)5)62-55(68)70-27-23-56/h11,14-15,18-22,28-33,46-49H,6-10,12-13,16-17,23-27H2,1-5H3,(H,57,59)(H,58,60)(H,61,67)(H,62,68)/t46-,47-,48-,49-/m0/s1. The summed E-state index contributed by atoms with van der Waals surface area (Å²) in [7, 11) is 0. The van der Waals surface area contributed by atoms with Gasteiger partial charge in [0.2, 0.25) is 11.8 Å². The minimum Gasteiger partial charge on any atom is -0.450 e. The fourth-order valence-corrected chi connectivity index (χ4v) is 10.5. The van der Waals surface area contributed by atoms with Crippen LogP contribution in [-0.2, 0) is 44.7 Å². The Hall–Kier alpha value is -6.77. The molecule has 2 saturated heterocycles. The van der Waals surface area contributed by atoms with Crippen LogP contribution < -0.4 is 10.6 Å². The van der Waals surface area contributed by atoms with Crippen molar-refractivity contribution in [2.45, 2.75) is 117 Å². The van der Waals surface area contributed by atoms with E-state index in [1.54, 1.807) is 4.90 Å². The second-order valence-corrected chi connectivity index (χ2v) is 19.8. The molecule has 4 amide bonds. The molecule has 0 spiro atoms. The van der Waals surface area contributed by atoms with Crippen LogP contribution in [0.5, 0.6) is 0 Å². The Bertz CT molecular complexity index is 2700. The van der Waals surface area contributed by atoms with Gasteiger partial charge in [-0.05, 0) is 138 Å². The number of hydrogen-bond donors (Lipinski definition) is 4. The van der Waals surface area contributed by atoms with E-state index >= 15 is 0 Å². The molecule has 4 bridgehead atoms. The van der Waals surface area contributed by atoms with Crippen molar-refractivity contribution < 1.29 is 33.0 Å². The lowest BCUT2D eigenvalue weighted by atomic mass is 9.87. The number of imidazole rings is 2. The number of amides is 4. The average molecular weight is 953 g/mol. The van der Waals surface area contributed by atoms with E-state index in [0.29, 0.717) is 31.9 Å². The largest absolute Gasteiger partial charge is 0.450 e. The molecule has 6 aromatic rings. The van der Waals surface area contributed by atoms with E-state index < -0.39 is 30.9 Å². The normalized spacial score (nSPS) is 17.8. The van der Waals surface area contributed by atoms with Crippen molar-refractivity contribution in [2.24, 2.45) is 11.8 Å². The number of carbonyl (C=O) groups is 4. The Balaban J connectivity index is 0.920. The van der Waals surface area contributed by atoms with E-state index in [1.165, 1.54) is 33.4 Å². The van der Waals surface area contributed by atoms with Gasteiger partial charge in [0.15, 0.2) is 0 Å². The van der Waals surface area contributed by atoms with E-state index in [9.17, 15) is 23.6 Å². The summed E-state index contributed by atoms with van der Waals surface area (Å²) in [6.07, 6.45) is 5.91. The summed E-state index contributed by atoms with van der Waals surface area (Å²) in [5.74, 6) is 0.826. The highest BCUT2D eigenvalue weighted by Crippen LogP contribution is 2.37. The SMILES string of the molecule is CCCOC(=O)N[C@H](C(=O)N1CCC[C@H]1c1nc2ccc(-c3cc4ccc3CCc3ccc(c(-c5ccc6nc([C@@H]7CCCN7C(=O)[C@@H](NC(=O)OCCF)C(C)C)[nH]c6c5)c3)CC4)cc2[nH]1)C(C)C. The Morgan fingerprint density at radius 2 is 1.10 bits per heavy atom. The van der Waals surface area contributed by atoms with E-state index in [2.05, 4.69) is 87.3 Å². The zero-order chi connectivity index (χ0) is 49.1. The van der Waals surface area contributed by atoms with Crippen molar-refractivity contribution in [2.75, 3.05) is 33.0 Å². The number of hydrogen-bond acceptors (Lipinski definition) is 8. The van der Waals surface area contributed by atoms with Crippen LogP contribution in [0.2, 0.25) is 0 Å². The molecule has 2 aliphatic heterocycles. The number of rotatable bonds is 14. The van der Waals surface area contributed by atoms with Crippen molar-refractivity contribution >= 4 is 46.1 Å². The number of alkyl halides is 1. The number of aromatic amines is 2. The molecule has 0 unspecified atom stereocenters. The number of benzene rings is 4. The molecule has 0 saturated carbocycles. The molecule has 4 heterocycles. The van der Waals surface area contributed by atoms with E-state index in [4.69, 9.17) is 19.4 Å². The molecule has 0 radical (unpaired) electrons. The van der Waals surface area contributed by atoms with Gasteiger partial charge in [-0.1, -0.05) is 83.1 Å². The molecule has 368 valence electrons. The molecular formula is C55H65FN8O6. The number of aromatic nitrogens is 4. The predicted molar refractivity (Wildman–Crippen MR) is 268 cm³/mol. The highest BCUT2D eigenvalue weighted by molar-refractivity contribution is 5.89. The maximum atomic E-state index is 14.0. The van der Waals surface area contributed by atoms with Crippen molar-refractivity contribution in [1.82, 2.24) is 40.4 Å². The molecule has 4 aromatic carbocycles. The maximum absolute atomic E-state index is 14.0. The van der Waals surface area contributed by atoms with Gasteiger partial charge in [0.25, 0.3) is 0 Å². The molecule has 2 aromatic heterocycles. The minimum atomic E-state index is -0.813. The van der Waals surface area contributed by atoms with Crippen LogP contribution in [0.25, 0.3) is 44.3 Å². The fourth-order valence-electron chi connectivity index (χ4n) is 10.5. The van der Waals surface area contributed by atoms with Gasteiger partial charge in [0.05, 0.1) is 40.8 Å². The number of ether oxygens (including phenoxy) is 2. The van der Waals surface area contributed by atoms with Gasteiger partial charge >= 0.3 is 12.2 Å². The van der Waals surface area contributed by atoms with Gasteiger partial charge in [-0.3, -0.25) is 9.59 Å². The number of H-pyrrole nitrogens is 2. The molecule has 6 aliphatic rings. The summed E-state index contributed by atoms with van der Waals surface area (Å²) >= 11 is 0. The number of likely N-dealkylation sites (tertiary alicyclic amines) is 2. The zero-order valence-electron chi connectivity index (χ0n) is 40.9. The molecule has 15 heteroatoms. The smallest absolute Gasteiger partial charge is 0.407 e. The summed E-state index contributed by atoms with van der Waals surface area (Å²) in [5, 5.41) is 5.48. The minimum absolute atomic E-state index is 0.114. The van der Waals surface area contributed by atoms with Crippen molar-refractivity contribution in [3.8, 4) is 22.3 Å². The summed E-state index contributed by atoms with van der Waals surface area (Å²) in [6, 6.07) is 24.5. The molecule has 4 aliphatic carbocycles. The van der Waals surface area contributed by atoms with Gasteiger partial charge < -0.3 is 39.9 Å². The van der Waals surface area contributed by atoms with Gasteiger partial charge in [-0.15, -0.1) is 0 Å². The Labute approximate surface area is 408 Å². The third-order valence-electron chi connectivity index (χ3n) is 14.2. The maximum Gasteiger partial charge on any atom is 0.407 e.